The number of hydrogen-bond acceptors (Lipinski definition) is 1. The van der Waals surface area contributed by atoms with Crippen molar-refractivity contribution in [3.63, 3.8) is 0 Å². The Morgan fingerprint density at radius 1 is 1.07 bits per heavy atom. The van der Waals surface area contributed by atoms with Crippen LogP contribution in [0.15, 0.2) is 36.4 Å². The SMILES string of the molecule is NC1C=C(c2ccccc2)CCCC1. The zero-order valence-corrected chi connectivity index (χ0v) is 8.45. The molecule has 14 heavy (non-hydrogen) atoms. The fourth-order valence-electron chi connectivity index (χ4n) is 2.01. The molecule has 0 amide bonds. The minimum atomic E-state index is 0.257. The first-order valence-electron chi connectivity index (χ1n) is 5.38. The van der Waals surface area contributed by atoms with Crippen LogP contribution in [-0.4, -0.2) is 6.04 Å². The van der Waals surface area contributed by atoms with E-state index in [1.807, 2.05) is 0 Å². The average molecular weight is 187 g/mol. The van der Waals surface area contributed by atoms with Crippen LogP contribution in [0.5, 0.6) is 0 Å². The van der Waals surface area contributed by atoms with Gasteiger partial charge in [0.15, 0.2) is 0 Å². The van der Waals surface area contributed by atoms with E-state index >= 15 is 0 Å². The molecule has 1 nitrogen and oxygen atoms in total. The van der Waals surface area contributed by atoms with Gasteiger partial charge in [0.05, 0.1) is 0 Å². The molecule has 0 radical (unpaired) electrons. The van der Waals surface area contributed by atoms with Gasteiger partial charge in [0.1, 0.15) is 0 Å². The quantitative estimate of drug-likeness (QED) is 0.718. The van der Waals surface area contributed by atoms with Gasteiger partial charge >= 0.3 is 0 Å². The largest absolute Gasteiger partial charge is 0.324 e. The van der Waals surface area contributed by atoms with Crippen LogP contribution in [0, 0.1) is 0 Å². The number of allylic oxidation sites excluding steroid dienone is 1. The molecule has 0 spiro atoms. The Labute approximate surface area is 85.6 Å². The molecule has 1 unspecified atom stereocenters. The maximum atomic E-state index is 5.99. The molecule has 1 aromatic carbocycles. The minimum Gasteiger partial charge on any atom is -0.324 e. The summed E-state index contributed by atoms with van der Waals surface area (Å²) in [4.78, 5) is 0. The predicted octanol–water partition coefficient (Wildman–Crippen LogP) is 2.97. The van der Waals surface area contributed by atoms with E-state index in [9.17, 15) is 0 Å². The number of nitrogens with two attached hydrogens (primary N) is 1. The van der Waals surface area contributed by atoms with Crippen molar-refractivity contribution in [1.82, 2.24) is 0 Å². The number of hydrogen-bond donors (Lipinski definition) is 1. The van der Waals surface area contributed by atoms with Gasteiger partial charge in [-0.05, 0) is 30.4 Å². The van der Waals surface area contributed by atoms with Crippen molar-refractivity contribution in [2.24, 2.45) is 5.73 Å². The molecular formula is C13H17N. The highest BCUT2D eigenvalue weighted by molar-refractivity contribution is 5.66. The van der Waals surface area contributed by atoms with Gasteiger partial charge in [-0.2, -0.15) is 0 Å². The highest BCUT2D eigenvalue weighted by atomic mass is 14.6. The molecule has 0 aliphatic heterocycles. The summed E-state index contributed by atoms with van der Waals surface area (Å²) >= 11 is 0. The molecule has 0 bridgehead atoms. The van der Waals surface area contributed by atoms with E-state index in [-0.39, 0.29) is 6.04 Å². The summed E-state index contributed by atoms with van der Waals surface area (Å²) in [5, 5.41) is 0. The summed E-state index contributed by atoms with van der Waals surface area (Å²) in [5.41, 5.74) is 8.75. The predicted molar refractivity (Wildman–Crippen MR) is 60.9 cm³/mol. The summed E-state index contributed by atoms with van der Waals surface area (Å²) in [7, 11) is 0. The molecule has 1 atom stereocenters. The van der Waals surface area contributed by atoms with Crippen LogP contribution < -0.4 is 5.73 Å². The van der Waals surface area contributed by atoms with Crippen molar-refractivity contribution >= 4 is 5.57 Å². The molecular weight excluding hydrogens is 170 g/mol. The Kier molecular flexibility index (Phi) is 3.00. The molecule has 1 heteroatoms. The van der Waals surface area contributed by atoms with Crippen molar-refractivity contribution in [1.29, 1.82) is 0 Å². The van der Waals surface area contributed by atoms with Crippen LogP contribution in [0.3, 0.4) is 0 Å². The monoisotopic (exact) mass is 187 g/mol. The highest BCUT2D eigenvalue weighted by Crippen LogP contribution is 2.25. The van der Waals surface area contributed by atoms with Gasteiger partial charge in [0, 0.05) is 6.04 Å². The van der Waals surface area contributed by atoms with Crippen molar-refractivity contribution in [3.8, 4) is 0 Å². The zero-order valence-electron chi connectivity index (χ0n) is 8.45. The Hall–Kier alpha value is -1.08. The maximum absolute atomic E-state index is 5.99. The number of benzene rings is 1. The van der Waals surface area contributed by atoms with Crippen molar-refractivity contribution in [2.45, 2.75) is 31.7 Å². The third-order valence-corrected chi connectivity index (χ3v) is 2.79. The second-order valence-electron chi connectivity index (χ2n) is 3.97. The van der Waals surface area contributed by atoms with Crippen LogP contribution in [0.25, 0.3) is 5.57 Å². The van der Waals surface area contributed by atoms with Gasteiger partial charge in [-0.25, -0.2) is 0 Å². The van der Waals surface area contributed by atoms with E-state index in [4.69, 9.17) is 5.73 Å². The van der Waals surface area contributed by atoms with Crippen LogP contribution in [0.1, 0.15) is 31.2 Å². The normalized spacial score (nSPS) is 22.6. The zero-order chi connectivity index (χ0) is 9.80. The van der Waals surface area contributed by atoms with Crippen LogP contribution in [-0.2, 0) is 0 Å². The molecule has 0 heterocycles. The van der Waals surface area contributed by atoms with E-state index in [1.54, 1.807) is 0 Å². The van der Waals surface area contributed by atoms with Gasteiger partial charge in [-0.1, -0.05) is 42.8 Å². The summed E-state index contributed by atoms with van der Waals surface area (Å²) < 4.78 is 0. The smallest absolute Gasteiger partial charge is 0.0229 e. The second kappa shape index (κ2) is 4.43. The molecule has 74 valence electrons. The topological polar surface area (TPSA) is 26.0 Å². The molecule has 1 aliphatic rings. The Balaban J connectivity index is 2.24. The minimum absolute atomic E-state index is 0.257. The van der Waals surface area contributed by atoms with Crippen molar-refractivity contribution < 1.29 is 0 Å². The fraction of sp³-hybridized carbons (Fsp3) is 0.385. The lowest BCUT2D eigenvalue weighted by Crippen LogP contribution is -2.15. The lowest BCUT2D eigenvalue weighted by atomic mass is 10.0. The maximum Gasteiger partial charge on any atom is 0.0229 e. The molecule has 0 fully saturated rings. The molecule has 0 saturated carbocycles. The molecule has 2 rings (SSSR count). The van der Waals surface area contributed by atoms with Crippen molar-refractivity contribution in [3.05, 3.63) is 42.0 Å². The summed E-state index contributed by atoms with van der Waals surface area (Å²) in [6, 6.07) is 10.8. The summed E-state index contributed by atoms with van der Waals surface area (Å²) in [6.45, 7) is 0. The third-order valence-electron chi connectivity index (χ3n) is 2.79. The Morgan fingerprint density at radius 2 is 1.86 bits per heavy atom. The van der Waals surface area contributed by atoms with Crippen LogP contribution in [0.4, 0.5) is 0 Å². The fourth-order valence-corrected chi connectivity index (χ4v) is 2.01. The van der Waals surface area contributed by atoms with E-state index < -0.39 is 0 Å². The van der Waals surface area contributed by atoms with Gasteiger partial charge in [-0.15, -0.1) is 0 Å². The lowest BCUT2D eigenvalue weighted by Gasteiger charge is -2.06. The van der Waals surface area contributed by atoms with Crippen molar-refractivity contribution in [2.75, 3.05) is 0 Å². The molecule has 0 aromatic heterocycles. The Bertz CT molecular complexity index is 313. The van der Waals surface area contributed by atoms with Gasteiger partial charge in [0.2, 0.25) is 0 Å². The second-order valence-corrected chi connectivity index (χ2v) is 3.97. The molecule has 0 saturated heterocycles. The first-order chi connectivity index (χ1) is 6.86. The van der Waals surface area contributed by atoms with Gasteiger partial charge in [-0.3, -0.25) is 0 Å². The summed E-state index contributed by atoms with van der Waals surface area (Å²) in [6.07, 6.45) is 7.08. The highest BCUT2D eigenvalue weighted by Gasteiger charge is 2.09. The average Bonchev–Trinajstić information content (AvgIpc) is 2.44. The molecule has 2 N–H and O–H groups in total. The van der Waals surface area contributed by atoms with E-state index in [0.717, 1.165) is 6.42 Å². The van der Waals surface area contributed by atoms with E-state index in [0.29, 0.717) is 0 Å². The molecule has 1 aromatic rings. The third kappa shape index (κ3) is 2.24. The standard InChI is InChI=1S/C13H17N/c14-13-9-5-4-8-12(10-13)11-6-2-1-3-7-11/h1-3,6-7,10,13H,4-5,8-9,14H2. The molecule has 1 aliphatic carbocycles. The van der Waals surface area contributed by atoms with Crippen LogP contribution >= 0.6 is 0 Å². The van der Waals surface area contributed by atoms with E-state index in [1.165, 1.54) is 30.4 Å². The number of rotatable bonds is 1. The lowest BCUT2D eigenvalue weighted by molar-refractivity contribution is 0.658. The summed E-state index contributed by atoms with van der Waals surface area (Å²) in [5.74, 6) is 0. The Morgan fingerprint density at radius 3 is 2.64 bits per heavy atom. The van der Waals surface area contributed by atoms with Gasteiger partial charge < -0.3 is 5.73 Å². The first-order valence-corrected chi connectivity index (χ1v) is 5.38. The van der Waals surface area contributed by atoms with E-state index in [2.05, 4.69) is 36.4 Å². The van der Waals surface area contributed by atoms with Gasteiger partial charge in [0.25, 0.3) is 0 Å². The first kappa shape index (κ1) is 9.47. The van der Waals surface area contributed by atoms with Crippen LogP contribution in [0.2, 0.25) is 0 Å².